The Bertz CT molecular complexity index is 1240. The Labute approximate surface area is 206 Å². The van der Waals surface area contributed by atoms with E-state index in [0.29, 0.717) is 37.3 Å². The minimum atomic E-state index is -1.22. The molecule has 8 nitrogen and oxygen atoms in total. The molecule has 0 amide bonds. The van der Waals surface area contributed by atoms with Gasteiger partial charge in [-0.1, -0.05) is 0 Å². The van der Waals surface area contributed by atoms with Gasteiger partial charge in [0.25, 0.3) is 0 Å². The van der Waals surface area contributed by atoms with Crippen molar-refractivity contribution in [2.45, 2.75) is 39.0 Å². The van der Waals surface area contributed by atoms with Crippen LogP contribution in [0.4, 0.5) is 14.6 Å². The van der Waals surface area contributed by atoms with Gasteiger partial charge in [-0.2, -0.15) is 13.5 Å². The second-order valence-corrected chi connectivity index (χ2v) is 8.93. The minimum Gasteiger partial charge on any atom is -0.387 e. The molecule has 2 aromatic heterocycles. The van der Waals surface area contributed by atoms with E-state index in [9.17, 15) is 24.0 Å². The average molecular weight is 512 g/mol. The van der Waals surface area contributed by atoms with Crippen molar-refractivity contribution in [3.63, 3.8) is 0 Å². The number of aromatic nitrogens is 3. The summed E-state index contributed by atoms with van der Waals surface area (Å²) in [4.78, 5) is 20.7. The van der Waals surface area contributed by atoms with Gasteiger partial charge < -0.3 is 15.2 Å². The lowest BCUT2D eigenvalue weighted by molar-refractivity contribution is -0.389. The summed E-state index contributed by atoms with van der Waals surface area (Å²) in [7, 11) is 0. The zero-order chi connectivity index (χ0) is 23.9. The number of halogens is 3. The van der Waals surface area contributed by atoms with E-state index < -0.39 is 22.2 Å². The first kappa shape index (κ1) is 26.0. The molecule has 1 N–H and O–H groups in total. The smallest absolute Gasteiger partial charge is 0.383 e. The summed E-state index contributed by atoms with van der Waals surface area (Å²) in [5, 5.41) is 21.8. The second-order valence-electron chi connectivity index (χ2n) is 8.59. The summed E-state index contributed by atoms with van der Waals surface area (Å²) in [6.45, 7) is 5.12. The van der Waals surface area contributed by atoms with Crippen molar-refractivity contribution in [1.29, 1.82) is 0 Å². The Balaban J connectivity index is 0.00000324. The monoisotopic (exact) mass is 511 g/mol. The van der Waals surface area contributed by atoms with Crippen LogP contribution in [-0.2, 0) is 19.5 Å². The van der Waals surface area contributed by atoms with Gasteiger partial charge in [0.1, 0.15) is 6.20 Å². The molecule has 1 aliphatic heterocycles. The summed E-state index contributed by atoms with van der Waals surface area (Å²) in [6.07, 6.45) is 1.83. The predicted molar refractivity (Wildman–Crippen MR) is 128 cm³/mol. The number of hydrogen-bond acceptors (Lipinski definition) is 6. The SMILES string of the molecule is Cc1cc(-c2ccc(F)c(F)c2)nc2c1CN(C[C@](C)(O)Cn1cc([N+](=O)[O-])nc1Cl)CC2.S. The van der Waals surface area contributed by atoms with Crippen LogP contribution in [0.25, 0.3) is 11.3 Å². The van der Waals surface area contributed by atoms with Crippen LogP contribution in [0.2, 0.25) is 5.28 Å². The van der Waals surface area contributed by atoms with Gasteiger partial charge in [-0.15, -0.1) is 0 Å². The quantitative estimate of drug-likeness (QED) is 0.396. The predicted octanol–water partition coefficient (Wildman–Crippen LogP) is 4.02. The van der Waals surface area contributed by atoms with Crippen LogP contribution in [0.3, 0.4) is 0 Å². The summed E-state index contributed by atoms with van der Waals surface area (Å²) in [6, 6.07) is 5.58. The third-order valence-corrected chi connectivity index (χ3v) is 5.97. The van der Waals surface area contributed by atoms with Gasteiger partial charge in [-0.05, 0) is 70.7 Å². The maximum Gasteiger partial charge on any atom is 0.383 e. The van der Waals surface area contributed by atoms with Gasteiger partial charge in [-0.25, -0.2) is 8.78 Å². The number of nitrogens with zero attached hydrogens (tertiary/aromatic N) is 5. The lowest BCUT2D eigenvalue weighted by Crippen LogP contribution is -2.45. The van der Waals surface area contributed by atoms with Gasteiger partial charge >= 0.3 is 11.1 Å². The minimum absolute atomic E-state index is 0. The fourth-order valence-electron chi connectivity index (χ4n) is 4.17. The van der Waals surface area contributed by atoms with Gasteiger partial charge in [0.2, 0.25) is 0 Å². The van der Waals surface area contributed by atoms with Crippen molar-refractivity contribution in [3.05, 3.63) is 74.3 Å². The number of nitro groups is 1. The number of pyridine rings is 1. The van der Waals surface area contributed by atoms with E-state index in [4.69, 9.17) is 11.6 Å². The molecule has 0 spiro atoms. The first-order valence-electron chi connectivity index (χ1n) is 10.3. The highest BCUT2D eigenvalue weighted by Gasteiger charge is 2.30. The number of benzene rings is 1. The fourth-order valence-corrected chi connectivity index (χ4v) is 4.37. The number of rotatable bonds is 6. The highest BCUT2D eigenvalue weighted by molar-refractivity contribution is 7.59. The molecule has 1 aromatic carbocycles. The molecular formula is C22H24ClF2N5O3S. The summed E-state index contributed by atoms with van der Waals surface area (Å²) >= 11 is 5.98. The van der Waals surface area contributed by atoms with Crippen LogP contribution in [0.15, 0.2) is 30.5 Å². The lowest BCUT2D eigenvalue weighted by atomic mass is 9.96. The van der Waals surface area contributed by atoms with E-state index in [1.807, 2.05) is 13.0 Å². The molecule has 0 fully saturated rings. The molecule has 0 bridgehead atoms. The van der Waals surface area contributed by atoms with Crippen LogP contribution >= 0.6 is 25.1 Å². The van der Waals surface area contributed by atoms with E-state index in [1.165, 1.54) is 16.8 Å². The molecule has 3 aromatic rings. The third kappa shape index (κ3) is 5.54. The molecule has 34 heavy (non-hydrogen) atoms. The van der Waals surface area contributed by atoms with Crippen LogP contribution in [0, 0.1) is 28.7 Å². The topological polar surface area (TPSA) is 97.3 Å². The first-order valence-corrected chi connectivity index (χ1v) is 10.7. The van der Waals surface area contributed by atoms with Crippen molar-refractivity contribution in [2.24, 2.45) is 0 Å². The van der Waals surface area contributed by atoms with Crippen LogP contribution in [0.1, 0.15) is 23.7 Å². The normalized spacial score (nSPS) is 15.4. The highest BCUT2D eigenvalue weighted by Crippen LogP contribution is 2.28. The molecule has 182 valence electrons. The van der Waals surface area contributed by atoms with Crippen molar-refractivity contribution in [2.75, 3.05) is 13.1 Å². The van der Waals surface area contributed by atoms with Crippen molar-refractivity contribution in [1.82, 2.24) is 19.4 Å². The molecule has 3 heterocycles. The maximum atomic E-state index is 13.7. The number of β-amino-alcohol motifs (C(OH)–C–C–N with tert-alkyl or cyclic N) is 1. The van der Waals surface area contributed by atoms with E-state index in [2.05, 4.69) is 14.9 Å². The Morgan fingerprint density at radius 2 is 1.97 bits per heavy atom. The van der Waals surface area contributed by atoms with Crippen LogP contribution in [-0.4, -0.2) is 48.2 Å². The van der Waals surface area contributed by atoms with Crippen LogP contribution < -0.4 is 0 Å². The molecule has 0 saturated heterocycles. The van der Waals surface area contributed by atoms with Gasteiger partial charge in [0, 0.05) is 37.3 Å². The van der Waals surface area contributed by atoms with Crippen molar-refractivity contribution in [3.8, 4) is 11.3 Å². The Hall–Kier alpha value is -2.60. The fraction of sp³-hybridized carbons (Fsp3) is 0.364. The molecule has 0 unspecified atom stereocenters. The van der Waals surface area contributed by atoms with Gasteiger partial charge in [0.05, 0.1) is 17.8 Å². The van der Waals surface area contributed by atoms with Crippen molar-refractivity contribution < 1.29 is 18.8 Å². The standard InChI is InChI=1S/C22H22ClF2N5O3.H2S/c1-13-7-19(14-3-4-16(24)17(25)8-14)26-18-5-6-28(9-15(13)18)11-22(2,31)12-29-10-20(30(32)33)27-21(29)23;/h3-4,7-8,10,31H,5-6,9,11-12H2,1-2H3;1H2/t22-;/m0./s1. The molecule has 1 aliphatic rings. The largest absolute Gasteiger partial charge is 0.387 e. The molecule has 0 saturated carbocycles. The molecule has 0 aliphatic carbocycles. The summed E-state index contributed by atoms with van der Waals surface area (Å²) < 4.78 is 28.3. The van der Waals surface area contributed by atoms with E-state index in [-0.39, 0.29) is 31.1 Å². The number of fused-ring (bicyclic) bond motifs is 1. The Morgan fingerprint density at radius 3 is 2.62 bits per heavy atom. The number of hydrogen-bond donors (Lipinski definition) is 1. The molecule has 0 radical (unpaired) electrons. The van der Waals surface area contributed by atoms with E-state index in [0.717, 1.165) is 29.0 Å². The maximum absolute atomic E-state index is 13.7. The van der Waals surface area contributed by atoms with Crippen molar-refractivity contribution >= 4 is 30.9 Å². The molecule has 12 heteroatoms. The molecule has 1 atom stereocenters. The zero-order valence-corrected chi connectivity index (χ0v) is 20.3. The van der Waals surface area contributed by atoms with Crippen LogP contribution in [0.5, 0.6) is 0 Å². The Morgan fingerprint density at radius 1 is 1.24 bits per heavy atom. The highest BCUT2D eigenvalue weighted by atomic mass is 35.5. The number of aliphatic hydroxyl groups is 1. The van der Waals surface area contributed by atoms with Gasteiger partial charge in [0.15, 0.2) is 11.6 Å². The average Bonchev–Trinajstić information content (AvgIpc) is 3.10. The summed E-state index contributed by atoms with van der Waals surface area (Å²) in [5.41, 5.74) is 2.76. The molecule has 4 rings (SSSR count). The summed E-state index contributed by atoms with van der Waals surface area (Å²) in [5.74, 6) is -2.19. The third-order valence-electron chi connectivity index (χ3n) is 5.67. The first-order chi connectivity index (χ1) is 15.5. The second kappa shape index (κ2) is 9.95. The number of aryl methyl sites for hydroxylation is 1. The number of imidazole rings is 1. The van der Waals surface area contributed by atoms with E-state index >= 15 is 0 Å². The van der Waals surface area contributed by atoms with E-state index in [1.54, 1.807) is 6.92 Å². The lowest BCUT2D eigenvalue weighted by Gasteiger charge is -2.35. The Kier molecular flexibility index (Phi) is 7.61. The van der Waals surface area contributed by atoms with Gasteiger partial charge in [-0.3, -0.25) is 14.5 Å². The molecular weight excluding hydrogens is 488 g/mol. The zero-order valence-electron chi connectivity index (χ0n) is 18.6.